The molecule has 0 spiro atoms. The van der Waals surface area contributed by atoms with Crippen molar-refractivity contribution in [1.82, 2.24) is 4.90 Å². The number of nitrogens with zero attached hydrogens (tertiary/aromatic N) is 1. The molecule has 0 radical (unpaired) electrons. The highest BCUT2D eigenvalue weighted by Gasteiger charge is 2.28. The molecule has 2 N–H and O–H groups in total. The molecule has 0 aromatic carbocycles. The van der Waals surface area contributed by atoms with Gasteiger partial charge in [-0.3, -0.25) is 0 Å². The molecule has 1 atom stereocenters. The molecule has 2 aromatic heterocycles. The largest absolute Gasteiger partial charge is 0.459 e. The van der Waals surface area contributed by atoms with Crippen molar-refractivity contribution < 1.29 is 14.3 Å². The molecule has 1 aliphatic rings. The van der Waals surface area contributed by atoms with E-state index in [2.05, 4.69) is 0 Å². The molecule has 0 unspecified atom stereocenters. The third-order valence-corrected chi connectivity index (χ3v) is 5.77. The minimum absolute atomic E-state index is 0.0989. The maximum absolute atomic E-state index is 12.1. The zero-order valence-corrected chi connectivity index (χ0v) is 13.5. The zero-order valence-electron chi connectivity index (χ0n) is 11.9. The van der Waals surface area contributed by atoms with Crippen LogP contribution in [-0.4, -0.2) is 36.1 Å². The molecule has 1 fully saturated rings. The van der Waals surface area contributed by atoms with Crippen molar-refractivity contribution in [1.29, 1.82) is 0 Å². The molecular formula is C15H16N2O3S2. The minimum Gasteiger partial charge on any atom is -0.459 e. The smallest absolute Gasteiger partial charge is 0.348 e. The van der Waals surface area contributed by atoms with Crippen LogP contribution >= 0.6 is 22.7 Å². The predicted molar refractivity (Wildman–Crippen MR) is 87.2 cm³/mol. The normalized spacial score (nSPS) is 17.6. The lowest BCUT2D eigenvalue weighted by Crippen LogP contribution is -2.41. The molecule has 1 aliphatic heterocycles. The van der Waals surface area contributed by atoms with Crippen LogP contribution in [0.5, 0.6) is 0 Å². The molecule has 3 heterocycles. The first-order chi connectivity index (χ1) is 10.6. The van der Waals surface area contributed by atoms with Crippen molar-refractivity contribution >= 4 is 34.7 Å². The summed E-state index contributed by atoms with van der Waals surface area (Å²) in [6, 6.07) is 7.17. The Morgan fingerprint density at radius 1 is 1.32 bits per heavy atom. The SMILES string of the molecule is NC(=O)N1CCC[C@@H]1COC(=O)c1ccc(-c2cccs2)s1. The quantitative estimate of drug-likeness (QED) is 0.872. The van der Waals surface area contributed by atoms with E-state index < -0.39 is 6.03 Å². The van der Waals surface area contributed by atoms with Crippen molar-refractivity contribution in [3.8, 4) is 9.75 Å². The van der Waals surface area contributed by atoms with Gasteiger partial charge in [0.2, 0.25) is 0 Å². The van der Waals surface area contributed by atoms with E-state index in [-0.39, 0.29) is 18.6 Å². The predicted octanol–water partition coefficient (Wildman–Crippen LogP) is 3.18. The summed E-state index contributed by atoms with van der Waals surface area (Å²) in [5, 5.41) is 2.01. The Kier molecular flexibility index (Phi) is 4.44. The van der Waals surface area contributed by atoms with Crippen LogP contribution in [0.1, 0.15) is 22.5 Å². The Morgan fingerprint density at radius 2 is 2.18 bits per heavy atom. The average molecular weight is 336 g/mol. The van der Waals surface area contributed by atoms with Crippen molar-refractivity contribution in [2.24, 2.45) is 5.73 Å². The van der Waals surface area contributed by atoms with E-state index in [1.54, 1.807) is 22.3 Å². The molecule has 116 valence electrons. The van der Waals surface area contributed by atoms with Crippen LogP contribution in [0, 0.1) is 0 Å². The second kappa shape index (κ2) is 6.50. The summed E-state index contributed by atoms with van der Waals surface area (Å²) in [5.74, 6) is -0.343. The molecular weight excluding hydrogens is 320 g/mol. The fourth-order valence-corrected chi connectivity index (χ4v) is 4.28. The Balaban J connectivity index is 1.59. The zero-order chi connectivity index (χ0) is 15.5. The topological polar surface area (TPSA) is 72.6 Å². The van der Waals surface area contributed by atoms with Gasteiger partial charge in [0.25, 0.3) is 0 Å². The van der Waals surface area contributed by atoms with Crippen molar-refractivity contribution in [2.75, 3.05) is 13.2 Å². The van der Waals surface area contributed by atoms with Gasteiger partial charge >= 0.3 is 12.0 Å². The highest BCUT2D eigenvalue weighted by molar-refractivity contribution is 7.22. The lowest BCUT2D eigenvalue weighted by atomic mass is 10.2. The van der Waals surface area contributed by atoms with E-state index in [0.29, 0.717) is 11.4 Å². The lowest BCUT2D eigenvalue weighted by molar-refractivity contribution is 0.0428. The number of amides is 2. The van der Waals surface area contributed by atoms with Gasteiger partial charge in [0, 0.05) is 16.3 Å². The fourth-order valence-electron chi connectivity index (χ4n) is 2.54. The van der Waals surface area contributed by atoms with Gasteiger partial charge in [-0.2, -0.15) is 0 Å². The molecule has 1 saturated heterocycles. The van der Waals surface area contributed by atoms with Gasteiger partial charge in [-0.1, -0.05) is 6.07 Å². The fraction of sp³-hybridized carbons (Fsp3) is 0.333. The van der Waals surface area contributed by atoms with Crippen LogP contribution in [0.25, 0.3) is 9.75 Å². The summed E-state index contributed by atoms with van der Waals surface area (Å²) < 4.78 is 5.35. The molecule has 2 aromatic rings. The second-order valence-corrected chi connectivity index (χ2v) is 7.10. The van der Waals surface area contributed by atoms with Gasteiger partial charge in [0.15, 0.2) is 0 Å². The van der Waals surface area contributed by atoms with Crippen LogP contribution in [-0.2, 0) is 4.74 Å². The van der Waals surface area contributed by atoms with E-state index in [4.69, 9.17) is 10.5 Å². The Hall–Kier alpha value is -1.86. The number of rotatable bonds is 4. The number of carbonyl (C=O) groups excluding carboxylic acids is 2. The Labute approximate surface area is 136 Å². The summed E-state index contributed by atoms with van der Waals surface area (Å²) in [6.45, 7) is 0.840. The highest BCUT2D eigenvalue weighted by atomic mass is 32.1. The summed E-state index contributed by atoms with van der Waals surface area (Å²) in [7, 11) is 0. The van der Waals surface area contributed by atoms with Gasteiger partial charge < -0.3 is 15.4 Å². The van der Waals surface area contributed by atoms with E-state index in [9.17, 15) is 9.59 Å². The lowest BCUT2D eigenvalue weighted by Gasteiger charge is -2.21. The van der Waals surface area contributed by atoms with E-state index >= 15 is 0 Å². The first kappa shape index (κ1) is 15.1. The number of thiophene rings is 2. The van der Waals surface area contributed by atoms with Crippen LogP contribution in [0.2, 0.25) is 0 Å². The number of primary amides is 1. The molecule has 0 bridgehead atoms. The molecule has 2 amide bonds. The van der Waals surface area contributed by atoms with Crippen molar-refractivity contribution in [3.63, 3.8) is 0 Å². The van der Waals surface area contributed by atoms with Crippen LogP contribution in [0.15, 0.2) is 29.6 Å². The summed E-state index contributed by atoms with van der Waals surface area (Å²) in [5.41, 5.74) is 5.31. The van der Waals surface area contributed by atoms with Gasteiger partial charge in [-0.25, -0.2) is 9.59 Å². The number of ether oxygens (including phenoxy) is 1. The number of hydrogen-bond donors (Lipinski definition) is 1. The highest BCUT2D eigenvalue weighted by Crippen LogP contribution is 2.31. The Morgan fingerprint density at radius 3 is 2.91 bits per heavy atom. The summed E-state index contributed by atoms with van der Waals surface area (Å²) in [4.78, 5) is 27.7. The number of likely N-dealkylation sites (tertiary alicyclic amines) is 1. The molecule has 5 nitrogen and oxygen atoms in total. The molecule has 7 heteroatoms. The van der Waals surface area contributed by atoms with Gasteiger partial charge in [0.05, 0.1) is 6.04 Å². The summed E-state index contributed by atoms with van der Waals surface area (Å²) >= 11 is 3.06. The molecule has 22 heavy (non-hydrogen) atoms. The number of urea groups is 1. The maximum Gasteiger partial charge on any atom is 0.348 e. The second-order valence-electron chi connectivity index (χ2n) is 5.07. The summed E-state index contributed by atoms with van der Waals surface area (Å²) in [6.07, 6.45) is 1.72. The number of esters is 1. The molecule has 0 saturated carbocycles. The van der Waals surface area contributed by atoms with Crippen molar-refractivity contribution in [3.05, 3.63) is 34.5 Å². The van der Waals surface area contributed by atoms with Crippen LogP contribution in [0.3, 0.4) is 0 Å². The molecule has 3 rings (SSSR count). The van der Waals surface area contributed by atoms with E-state index in [0.717, 1.165) is 22.6 Å². The average Bonchev–Trinajstić information content (AvgIpc) is 3.23. The monoisotopic (exact) mass is 336 g/mol. The molecule has 0 aliphatic carbocycles. The number of nitrogens with two attached hydrogens (primary N) is 1. The van der Waals surface area contributed by atoms with Crippen molar-refractivity contribution in [2.45, 2.75) is 18.9 Å². The Bertz CT molecular complexity index is 666. The van der Waals surface area contributed by atoms with Crippen LogP contribution < -0.4 is 5.73 Å². The van der Waals surface area contributed by atoms with Crippen LogP contribution in [0.4, 0.5) is 4.79 Å². The number of carbonyl (C=O) groups is 2. The number of hydrogen-bond acceptors (Lipinski definition) is 5. The van der Waals surface area contributed by atoms with Gasteiger partial charge in [0.1, 0.15) is 11.5 Å². The van der Waals surface area contributed by atoms with Gasteiger partial charge in [-0.05, 0) is 36.4 Å². The standard InChI is InChI=1S/C15H16N2O3S2/c16-15(19)17-7-1-3-10(17)9-20-14(18)13-6-5-12(22-13)11-4-2-8-21-11/h2,4-6,8,10H,1,3,7,9H2,(H2,16,19)/t10-/m1/s1. The third kappa shape index (κ3) is 3.15. The third-order valence-electron chi connectivity index (χ3n) is 3.64. The van der Waals surface area contributed by atoms with Gasteiger partial charge in [-0.15, -0.1) is 22.7 Å². The van der Waals surface area contributed by atoms with E-state index in [1.807, 2.05) is 23.6 Å². The van der Waals surface area contributed by atoms with E-state index in [1.165, 1.54) is 11.3 Å². The maximum atomic E-state index is 12.1. The minimum atomic E-state index is -0.449. The first-order valence-corrected chi connectivity index (χ1v) is 8.71. The first-order valence-electron chi connectivity index (χ1n) is 7.02.